The summed E-state index contributed by atoms with van der Waals surface area (Å²) in [6, 6.07) is 10.7. The fourth-order valence-corrected chi connectivity index (χ4v) is 3.35. The van der Waals surface area contributed by atoms with E-state index >= 15 is 0 Å². The molecular formula is C20H28N4O. The predicted molar refractivity (Wildman–Crippen MR) is 101 cm³/mol. The Balaban J connectivity index is 1.58. The van der Waals surface area contributed by atoms with Crippen LogP contribution in [0.25, 0.3) is 0 Å². The number of aromatic nitrogens is 2. The summed E-state index contributed by atoms with van der Waals surface area (Å²) in [5.74, 6) is 0.307. The van der Waals surface area contributed by atoms with E-state index in [-0.39, 0.29) is 11.9 Å². The molecule has 1 aromatic heterocycles. The second kappa shape index (κ2) is 7.30. The maximum absolute atomic E-state index is 12.6. The van der Waals surface area contributed by atoms with Crippen LogP contribution in [0, 0.1) is 6.92 Å². The van der Waals surface area contributed by atoms with E-state index in [0.717, 1.165) is 31.6 Å². The second-order valence-electron chi connectivity index (χ2n) is 7.31. The van der Waals surface area contributed by atoms with Crippen molar-refractivity contribution in [2.45, 2.75) is 45.6 Å². The molecule has 0 radical (unpaired) electrons. The average Bonchev–Trinajstić information content (AvgIpc) is 2.98. The van der Waals surface area contributed by atoms with Gasteiger partial charge in [-0.15, -0.1) is 0 Å². The molecule has 5 heteroatoms. The molecule has 1 aliphatic heterocycles. The summed E-state index contributed by atoms with van der Waals surface area (Å²) in [6.07, 6.45) is 1.93. The van der Waals surface area contributed by atoms with Gasteiger partial charge in [0.2, 0.25) is 0 Å². The molecule has 0 aliphatic carbocycles. The number of benzene rings is 1. The normalized spacial score (nSPS) is 15.6. The molecule has 0 unspecified atom stereocenters. The Bertz CT molecular complexity index is 742. The van der Waals surface area contributed by atoms with Crippen LogP contribution in [-0.2, 0) is 7.05 Å². The highest BCUT2D eigenvalue weighted by atomic mass is 16.2. The largest absolute Gasteiger partial charge is 0.371 e. The first-order valence-corrected chi connectivity index (χ1v) is 9.10. The van der Waals surface area contributed by atoms with Crippen molar-refractivity contribution in [2.75, 3.05) is 18.0 Å². The van der Waals surface area contributed by atoms with Gasteiger partial charge in [-0.25, -0.2) is 0 Å². The van der Waals surface area contributed by atoms with E-state index in [9.17, 15) is 4.79 Å². The molecule has 1 aromatic carbocycles. The molecular weight excluding hydrogens is 312 g/mol. The number of aryl methyl sites for hydroxylation is 2. The van der Waals surface area contributed by atoms with Gasteiger partial charge in [0, 0.05) is 31.9 Å². The van der Waals surface area contributed by atoms with Gasteiger partial charge in [-0.3, -0.25) is 9.48 Å². The number of amides is 1. The van der Waals surface area contributed by atoms with Crippen molar-refractivity contribution in [3.8, 4) is 0 Å². The third kappa shape index (κ3) is 4.03. The van der Waals surface area contributed by atoms with E-state index in [4.69, 9.17) is 0 Å². The van der Waals surface area contributed by atoms with Gasteiger partial charge in [0.1, 0.15) is 5.69 Å². The lowest BCUT2D eigenvalue weighted by molar-refractivity contribution is 0.0921. The number of piperidine rings is 1. The average molecular weight is 340 g/mol. The minimum atomic E-state index is -0.0177. The molecule has 0 saturated carbocycles. The summed E-state index contributed by atoms with van der Waals surface area (Å²) >= 11 is 0. The van der Waals surface area contributed by atoms with Gasteiger partial charge < -0.3 is 10.2 Å². The van der Waals surface area contributed by atoms with E-state index in [1.807, 2.05) is 13.1 Å². The molecule has 3 rings (SSSR count). The van der Waals surface area contributed by atoms with Crippen LogP contribution in [0.1, 0.15) is 54.4 Å². The zero-order valence-corrected chi connectivity index (χ0v) is 15.6. The molecule has 2 aromatic rings. The number of carbonyl (C=O) groups excluding carboxylic acids is 1. The highest BCUT2D eigenvalue weighted by molar-refractivity contribution is 5.92. The number of carbonyl (C=O) groups is 1. The molecule has 2 heterocycles. The van der Waals surface area contributed by atoms with Crippen molar-refractivity contribution in [2.24, 2.45) is 7.05 Å². The first-order valence-electron chi connectivity index (χ1n) is 9.10. The number of hydrogen-bond donors (Lipinski definition) is 1. The Morgan fingerprint density at radius 2 is 1.96 bits per heavy atom. The van der Waals surface area contributed by atoms with Crippen molar-refractivity contribution in [1.82, 2.24) is 15.1 Å². The van der Waals surface area contributed by atoms with Crippen LogP contribution in [0.2, 0.25) is 0 Å². The Kier molecular flexibility index (Phi) is 5.11. The summed E-state index contributed by atoms with van der Waals surface area (Å²) in [5.41, 5.74) is 4.16. The molecule has 1 aliphatic rings. The van der Waals surface area contributed by atoms with E-state index in [2.05, 4.69) is 60.4 Å². The Hall–Kier alpha value is -2.30. The lowest BCUT2D eigenvalue weighted by atomic mass is 10.0. The number of rotatable bonds is 4. The summed E-state index contributed by atoms with van der Waals surface area (Å²) in [5, 5.41) is 7.62. The second-order valence-corrected chi connectivity index (χ2v) is 7.31. The molecule has 1 fully saturated rings. The van der Waals surface area contributed by atoms with Crippen molar-refractivity contribution < 1.29 is 4.79 Å². The number of nitrogens with zero attached hydrogens (tertiary/aromatic N) is 3. The van der Waals surface area contributed by atoms with Crippen molar-refractivity contribution in [1.29, 1.82) is 0 Å². The van der Waals surface area contributed by atoms with Crippen molar-refractivity contribution in [3.05, 3.63) is 47.3 Å². The molecule has 134 valence electrons. The highest BCUT2D eigenvalue weighted by Crippen LogP contribution is 2.21. The van der Waals surface area contributed by atoms with Crippen LogP contribution in [0.4, 0.5) is 5.69 Å². The highest BCUT2D eigenvalue weighted by Gasteiger charge is 2.23. The Labute approximate surface area is 150 Å². The smallest absolute Gasteiger partial charge is 0.269 e. The van der Waals surface area contributed by atoms with Gasteiger partial charge in [0.15, 0.2) is 0 Å². The number of anilines is 1. The zero-order chi connectivity index (χ0) is 18.0. The van der Waals surface area contributed by atoms with Gasteiger partial charge in [-0.1, -0.05) is 26.0 Å². The fourth-order valence-electron chi connectivity index (χ4n) is 3.35. The molecule has 1 N–H and O–H groups in total. The summed E-state index contributed by atoms with van der Waals surface area (Å²) in [6.45, 7) is 8.24. The molecule has 0 bridgehead atoms. The minimum absolute atomic E-state index is 0.0177. The maximum Gasteiger partial charge on any atom is 0.269 e. The molecule has 1 saturated heterocycles. The standard InChI is InChI=1S/C20H28N4O/c1-14(2)18-13-19(23(4)22-18)20(25)21-16-8-10-24(11-9-16)17-7-5-6-15(3)12-17/h5-7,12-14,16H,8-11H2,1-4H3,(H,21,25). The third-order valence-electron chi connectivity index (χ3n) is 4.92. The van der Waals surface area contributed by atoms with Crippen LogP contribution >= 0.6 is 0 Å². The molecule has 0 atom stereocenters. The zero-order valence-electron chi connectivity index (χ0n) is 15.6. The lowest BCUT2D eigenvalue weighted by Crippen LogP contribution is -2.45. The van der Waals surface area contributed by atoms with Gasteiger partial charge in [-0.05, 0) is 49.4 Å². The minimum Gasteiger partial charge on any atom is -0.371 e. The van der Waals surface area contributed by atoms with Crippen LogP contribution in [0.3, 0.4) is 0 Å². The van der Waals surface area contributed by atoms with Crippen molar-refractivity contribution in [3.63, 3.8) is 0 Å². The molecule has 5 nitrogen and oxygen atoms in total. The first-order chi connectivity index (χ1) is 11.9. The predicted octanol–water partition coefficient (Wildman–Crippen LogP) is 3.25. The van der Waals surface area contributed by atoms with E-state index in [0.29, 0.717) is 11.6 Å². The van der Waals surface area contributed by atoms with Gasteiger partial charge in [0.05, 0.1) is 5.69 Å². The van der Waals surface area contributed by atoms with E-state index in [1.54, 1.807) is 4.68 Å². The van der Waals surface area contributed by atoms with Crippen LogP contribution < -0.4 is 10.2 Å². The summed E-state index contributed by atoms with van der Waals surface area (Å²) < 4.78 is 1.69. The SMILES string of the molecule is Cc1cccc(N2CCC(NC(=O)c3cc(C(C)C)nn3C)CC2)c1. The third-order valence-corrected chi connectivity index (χ3v) is 4.92. The molecule has 0 spiro atoms. The van der Waals surface area contributed by atoms with Crippen LogP contribution in [0.15, 0.2) is 30.3 Å². The fraction of sp³-hybridized carbons (Fsp3) is 0.500. The van der Waals surface area contributed by atoms with E-state index < -0.39 is 0 Å². The van der Waals surface area contributed by atoms with Crippen LogP contribution in [-0.4, -0.2) is 34.8 Å². The molecule has 25 heavy (non-hydrogen) atoms. The monoisotopic (exact) mass is 340 g/mol. The van der Waals surface area contributed by atoms with Gasteiger partial charge >= 0.3 is 0 Å². The molecule has 1 amide bonds. The van der Waals surface area contributed by atoms with Crippen molar-refractivity contribution >= 4 is 11.6 Å². The maximum atomic E-state index is 12.6. The van der Waals surface area contributed by atoms with Gasteiger partial charge in [0.25, 0.3) is 5.91 Å². The van der Waals surface area contributed by atoms with Crippen LogP contribution in [0.5, 0.6) is 0 Å². The Morgan fingerprint density at radius 3 is 2.56 bits per heavy atom. The summed E-state index contributed by atoms with van der Waals surface area (Å²) in [4.78, 5) is 15.0. The van der Waals surface area contributed by atoms with Gasteiger partial charge in [-0.2, -0.15) is 5.10 Å². The summed E-state index contributed by atoms with van der Waals surface area (Å²) in [7, 11) is 1.83. The lowest BCUT2D eigenvalue weighted by Gasteiger charge is -2.34. The number of hydrogen-bond acceptors (Lipinski definition) is 3. The topological polar surface area (TPSA) is 50.2 Å². The quantitative estimate of drug-likeness (QED) is 0.929. The first kappa shape index (κ1) is 17.5. The Morgan fingerprint density at radius 1 is 1.24 bits per heavy atom. The number of nitrogens with one attached hydrogen (secondary N) is 1. The van der Waals surface area contributed by atoms with E-state index in [1.165, 1.54) is 11.3 Å².